The van der Waals surface area contributed by atoms with E-state index in [2.05, 4.69) is 15.0 Å². The number of benzene rings is 2. The van der Waals surface area contributed by atoms with Crippen LogP contribution in [0.25, 0.3) is 11.1 Å². The highest BCUT2D eigenvalue weighted by Crippen LogP contribution is 2.35. The number of pyridine rings is 1. The Hall–Kier alpha value is -3.95. The first-order chi connectivity index (χ1) is 18.7. The van der Waals surface area contributed by atoms with E-state index in [0.29, 0.717) is 35.4 Å². The lowest BCUT2D eigenvalue weighted by molar-refractivity contribution is -0.274. The molecular weight excluding hydrogens is 513 g/mol. The second-order valence-electron chi connectivity index (χ2n) is 9.40. The van der Waals surface area contributed by atoms with Crippen LogP contribution in [-0.2, 0) is 16.1 Å². The van der Waals surface area contributed by atoms with Crippen molar-refractivity contribution in [3.8, 4) is 28.4 Å². The van der Waals surface area contributed by atoms with Crippen LogP contribution in [0.1, 0.15) is 31.2 Å². The topological polar surface area (TPSA) is 78.9 Å². The van der Waals surface area contributed by atoms with Gasteiger partial charge in [-0.1, -0.05) is 18.2 Å². The average molecular weight is 545 g/mol. The lowest BCUT2D eigenvalue weighted by Crippen LogP contribution is -2.25. The predicted molar refractivity (Wildman–Crippen MR) is 140 cm³/mol. The number of hydrogen-bond donors (Lipinski definition) is 1. The van der Waals surface area contributed by atoms with Crippen LogP contribution in [0.4, 0.5) is 19.0 Å². The summed E-state index contributed by atoms with van der Waals surface area (Å²) in [4.78, 5) is 16.2. The van der Waals surface area contributed by atoms with Gasteiger partial charge in [0.15, 0.2) is 11.5 Å². The number of hydrogen-bond acceptors (Lipinski definition) is 7. The lowest BCUT2D eigenvalue weighted by Gasteiger charge is -2.27. The van der Waals surface area contributed by atoms with Gasteiger partial charge in [-0.2, -0.15) is 0 Å². The molecule has 0 radical (unpaired) electrons. The van der Waals surface area contributed by atoms with Crippen molar-refractivity contribution in [2.45, 2.75) is 38.6 Å². The number of halogens is 3. The standard InChI is InChI=1S/C29H31F3N2O5/c1-36-25-12-10-22(15-26(25)38-18-19-6-8-21(9-7-19)28(35)37-2)23-11-13-27(34-17-23)33-16-20-4-3-5-24(14-20)39-29(30,31)32/h3-5,10-15,17,19,21H,6-9,16,18H2,1-2H3,(H,33,34). The molecule has 208 valence electrons. The number of nitrogens with zero attached hydrogens (tertiary/aromatic N) is 1. The van der Waals surface area contributed by atoms with Crippen molar-refractivity contribution < 1.29 is 36.9 Å². The van der Waals surface area contributed by atoms with E-state index in [-0.39, 0.29) is 24.2 Å². The van der Waals surface area contributed by atoms with Gasteiger partial charge in [0.25, 0.3) is 0 Å². The molecule has 0 spiro atoms. The molecule has 1 saturated carbocycles. The molecule has 0 aliphatic heterocycles. The van der Waals surface area contributed by atoms with E-state index < -0.39 is 6.36 Å². The van der Waals surface area contributed by atoms with Gasteiger partial charge >= 0.3 is 12.3 Å². The Kier molecular flexibility index (Phi) is 9.16. The molecule has 1 heterocycles. The molecule has 39 heavy (non-hydrogen) atoms. The van der Waals surface area contributed by atoms with Crippen molar-refractivity contribution >= 4 is 11.8 Å². The van der Waals surface area contributed by atoms with Crippen molar-refractivity contribution in [3.05, 3.63) is 66.4 Å². The summed E-state index contributed by atoms with van der Waals surface area (Å²) >= 11 is 0. The highest BCUT2D eigenvalue weighted by molar-refractivity contribution is 5.72. The molecule has 1 N–H and O–H groups in total. The number of rotatable bonds is 10. The quantitative estimate of drug-likeness (QED) is 0.287. The van der Waals surface area contributed by atoms with Gasteiger partial charge in [0.1, 0.15) is 11.6 Å². The Morgan fingerprint density at radius 1 is 0.974 bits per heavy atom. The molecule has 0 amide bonds. The Balaban J connectivity index is 1.35. The van der Waals surface area contributed by atoms with Gasteiger partial charge in [-0.25, -0.2) is 4.98 Å². The molecule has 3 aromatic rings. The fourth-order valence-electron chi connectivity index (χ4n) is 4.62. The first-order valence-corrected chi connectivity index (χ1v) is 12.7. The van der Waals surface area contributed by atoms with Crippen LogP contribution >= 0.6 is 0 Å². The zero-order valence-corrected chi connectivity index (χ0v) is 21.8. The monoisotopic (exact) mass is 544 g/mol. The largest absolute Gasteiger partial charge is 0.573 e. The van der Waals surface area contributed by atoms with Crippen LogP contribution in [0.2, 0.25) is 0 Å². The van der Waals surface area contributed by atoms with E-state index >= 15 is 0 Å². The third-order valence-electron chi connectivity index (χ3n) is 6.72. The van der Waals surface area contributed by atoms with E-state index in [0.717, 1.165) is 36.8 Å². The third kappa shape index (κ3) is 8.02. The highest BCUT2D eigenvalue weighted by Gasteiger charge is 2.31. The number of methoxy groups -OCH3 is 2. The number of carbonyl (C=O) groups excluding carboxylic acids is 1. The zero-order chi connectivity index (χ0) is 27.8. The first kappa shape index (κ1) is 28.1. The molecule has 0 saturated heterocycles. The number of nitrogens with one attached hydrogen (secondary N) is 1. The smallest absolute Gasteiger partial charge is 0.493 e. The summed E-state index contributed by atoms with van der Waals surface area (Å²) in [6.07, 6.45) is 0.388. The molecule has 2 aromatic carbocycles. The maximum Gasteiger partial charge on any atom is 0.573 e. The number of carbonyl (C=O) groups is 1. The van der Waals surface area contributed by atoms with Gasteiger partial charge in [0.2, 0.25) is 0 Å². The van der Waals surface area contributed by atoms with E-state index in [1.54, 1.807) is 25.4 Å². The van der Waals surface area contributed by atoms with E-state index in [1.165, 1.54) is 25.3 Å². The average Bonchev–Trinajstić information content (AvgIpc) is 2.94. The van der Waals surface area contributed by atoms with Crippen LogP contribution in [0, 0.1) is 11.8 Å². The summed E-state index contributed by atoms with van der Waals surface area (Å²) in [5.74, 6) is 1.76. The zero-order valence-electron chi connectivity index (χ0n) is 21.8. The number of alkyl halides is 3. The Morgan fingerprint density at radius 3 is 2.41 bits per heavy atom. The molecular formula is C29H31F3N2O5. The van der Waals surface area contributed by atoms with Gasteiger partial charge < -0.3 is 24.3 Å². The van der Waals surface area contributed by atoms with Crippen molar-refractivity contribution in [1.29, 1.82) is 0 Å². The molecule has 1 aliphatic carbocycles. The van der Waals surface area contributed by atoms with Crippen LogP contribution in [-0.4, -0.2) is 38.1 Å². The maximum absolute atomic E-state index is 12.5. The number of anilines is 1. The number of aromatic nitrogens is 1. The highest BCUT2D eigenvalue weighted by atomic mass is 19.4. The first-order valence-electron chi connectivity index (χ1n) is 12.7. The number of ether oxygens (including phenoxy) is 4. The van der Waals surface area contributed by atoms with Gasteiger partial charge in [0, 0.05) is 18.3 Å². The molecule has 0 atom stereocenters. The van der Waals surface area contributed by atoms with Gasteiger partial charge in [-0.05, 0) is 79.1 Å². The lowest BCUT2D eigenvalue weighted by atomic mass is 9.82. The Labute approximate surface area is 225 Å². The molecule has 1 fully saturated rings. The van der Waals surface area contributed by atoms with Crippen molar-refractivity contribution in [3.63, 3.8) is 0 Å². The van der Waals surface area contributed by atoms with Gasteiger partial charge in [-0.3, -0.25) is 4.79 Å². The SMILES string of the molecule is COC(=O)C1CCC(COc2cc(-c3ccc(NCc4cccc(OC(F)(F)F)c4)nc3)ccc2OC)CC1. The fraction of sp³-hybridized carbons (Fsp3) is 0.379. The molecule has 10 heteroatoms. The molecule has 1 aliphatic rings. The Bertz CT molecular complexity index is 1240. The second kappa shape index (κ2) is 12.7. The van der Waals surface area contributed by atoms with E-state index in [1.807, 2.05) is 24.3 Å². The van der Waals surface area contributed by atoms with Crippen molar-refractivity contribution in [1.82, 2.24) is 4.98 Å². The predicted octanol–water partition coefficient (Wildman–Crippen LogP) is 6.63. The van der Waals surface area contributed by atoms with E-state index in [4.69, 9.17) is 14.2 Å². The van der Waals surface area contributed by atoms with Crippen LogP contribution in [0.3, 0.4) is 0 Å². The minimum absolute atomic E-state index is 0.0253. The summed E-state index contributed by atoms with van der Waals surface area (Å²) in [6, 6.07) is 15.2. The fourth-order valence-corrected chi connectivity index (χ4v) is 4.62. The van der Waals surface area contributed by atoms with E-state index in [9.17, 15) is 18.0 Å². The molecule has 0 unspecified atom stereocenters. The molecule has 4 rings (SSSR count). The molecule has 0 bridgehead atoms. The van der Waals surface area contributed by atoms with Gasteiger partial charge in [-0.15, -0.1) is 13.2 Å². The normalized spacial score (nSPS) is 17.3. The summed E-state index contributed by atoms with van der Waals surface area (Å²) in [5.41, 5.74) is 2.39. The maximum atomic E-state index is 12.5. The summed E-state index contributed by atoms with van der Waals surface area (Å²) in [5, 5.41) is 3.11. The second-order valence-corrected chi connectivity index (χ2v) is 9.40. The third-order valence-corrected chi connectivity index (χ3v) is 6.72. The summed E-state index contributed by atoms with van der Waals surface area (Å²) in [7, 11) is 3.02. The molecule has 1 aromatic heterocycles. The van der Waals surface area contributed by atoms with Gasteiger partial charge in [0.05, 0.1) is 26.7 Å². The van der Waals surface area contributed by atoms with Crippen molar-refractivity contribution in [2.75, 3.05) is 26.1 Å². The van der Waals surface area contributed by atoms with Crippen LogP contribution < -0.4 is 19.5 Å². The minimum atomic E-state index is -4.74. The van der Waals surface area contributed by atoms with Crippen LogP contribution in [0.15, 0.2) is 60.8 Å². The van der Waals surface area contributed by atoms with Crippen LogP contribution in [0.5, 0.6) is 17.2 Å². The van der Waals surface area contributed by atoms with Crippen molar-refractivity contribution in [2.24, 2.45) is 11.8 Å². The Morgan fingerprint density at radius 2 is 1.74 bits per heavy atom. The summed E-state index contributed by atoms with van der Waals surface area (Å²) < 4.78 is 57.9. The molecule has 7 nitrogen and oxygen atoms in total. The summed E-state index contributed by atoms with van der Waals surface area (Å²) in [6.45, 7) is 0.813. The minimum Gasteiger partial charge on any atom is -0.493 e. The number of esters is 1.